The summed E-state index contributed by atoms with van der Waals surface area (Å²) in [5.74, 6) is -0.745. The number of hydrogen-bond donors (Lipinski definition) is 1. The SMILES string of the molecule is C=CC(=O)N[C@H](COCc1ccccc1)CC(=O)OC. The molecule has 0 aliphatic carbocycles. The summed E-state index contributed by atoms with van der Waals surface area (Å²) >= 11 is 0. The minimum Gasteiger partial charge on any atom is -0.469 e. The van der Waals surface area contributed by atoms with Crippen LogP contribution in [0.4, 0.5) is 0 Å². The molecule has 1 N–H and O–H groups in total. The Morgan fingerprint density at radius 1 is 1.35 bits per heavy atom. The molecule has 1 rings (SSSR count). The van der Waals surface area contributed by atoms with Crippen LogP contribution in [-0.2, 0) is 25.7 Å². The second kappa shape index (κ2) is 8.87. The fourth-order valence-corrected chi connectivity index (χ4v) is 1.59. The summed E-state index contributed by atoms with van der Waals surface area (Å²) in [6.07, 6.45) is 1.21. The van der Waals surface area contributed by atoms with Crippen molar-refractivity contribution in [2.45, 2.75) is 19.1 Å². The van der Waals surface area contributed by atoms with Gasteiger partial charge in [0.1, 0.15) is 0 Å². The Morgan fingerprint density at radius 3 is 2.65 bits per heavy atom. The maximum atomic E-state index is 11.3. The van der Waals surface area contributed by atoms with E-state index in [1.165, 1.54) is 7.11 Å². The number of carbonyl (C=O) groups excluding carboxylic acids is 2. The maximum Gasteiger partial charge on any atom is 0.307 e. The van der Waals surface area contributed by atoms with E-state index < -0.39 is 12.0 Å². The third kappa shape index (κ3) is 6.15. The number of esters is 1. The molecule has 0 aromatic heterocycles. The highest BCUT2D eigenvalue weighted by atomic mass is 16.5. The van der Waals surface area contributed by atoms with E-state index in [1.807, 2.05) is 30.3 Å². The lowest BCUT2D eigenvalue weighted by molar-refractivity contribution is -0.141. The first-order chi connectivity index (χ1) is 9.65. The van der Waals surface area contributed by atoms with Crippen molar-refractivity contribution in [2.75, 3.05) is 13.7 Å². The van der Waals surface area contributed by atoms with Gasteiger partial charge in [0.15, 0.2) is 0 Å². The second-order valence-electron chi connectivity index (χ2n) is 4.19. The van der Waals surface area contributed by atoms with Gasteiger partial charge in [-0.25, -0.2) is 0 Å². The Bertz CT molecular complexity index is 444. The highest BCUT2D eigenvalue weighted by molar-refractivity contribution is 5.87. The molecule has 5 heteroatoms. The summed E-state index contributed by atoms with van der Waals surface area (Å²) in [6, 6.07) is 9.22. The van der Waals surface area contributed by atoms with Gasteiger partial charge in [0, 0.05) is 0 Å². The zero-order chi connectivity index (χ0) is 14.8. The quantitative estimate of drug-likeness (QED) is 0.577. The number of amides is 1. The summed E-state index contributed by atoms with van der Waals surface area (Å²) < 4.78 is 10.1. The van der Waals surface area contributed by atoms with Crippen molar-refractivity contribution < 1.29 is 19.1 Å². The van der Waals surface area contributed by atoms with Crippen molar-refractivity contribution in [1.29, 1.82) is 0 Å². The molecule has 0 unspecified atom stereocenters. The molecule has 0 fully saturated rings. The van der Waals surface area contributed by atoms with Gasteiger partial charge in [-0.3, -0.25) is 9.59 Å². The van der Waals surface area contributed by atoms with Crippen LogP contribution in [0.25, 0.3) is 0 Å². The average Bonchev–Trinajstić information content (AvgIpc) is 2.47. The Hall–Kier alpha value is -2.14. The van der Waals surface area contributed by atoms with Crippen LogP contribution < -0.4 is 5.32 Å². The summed E-state index contributed by atoms with van der Waals surface area (Å²) in [4.78, 5) is 22.6. The van der Waals surface area contributed by atoms with Crippen LogP contribution in [0.2, 0.25) is 0 Å². The van der Waals surface area contributed by atoms with Gasteiger partial charge < -0.3 is 14.8 Å². The monoisotopic (exact) mass is 277 g/mol. The third-order valence-electron chi connectivity index (χ3n) is 2.60. The van der Waals surface area contributed by atoms with Crippen molar-refractivity contribution in [3.8, 4) is 0 Å². The number of hydrogen-bond acceptors (Lipinski definition) is 4. The summed E-state index contributed by atoms with van der Waals surface area (Å²) in [5.41, 5.74) is 1.03. The van der Waals surface area contributed by atoms with E-state index in [4.69, 9.17) is 4.74 Å². The van der Waals surface area contributed by atoms with E-state index in [0.717, 1.165) is 11.6 Å². The highest BCUT2D eigenvalue weighted by Gasteiger charge is 2.16. The van der Waals surface area contributed by atoms with Gasteiger partial charge in [0.05, 0.1) is 32.8 Å². The largest absolute Gasteiger partial charge is 0.469 e. The van der Waals surface area contributed by atoms with Crippen molar-refractivity contribution in [2.24, 2.45) is 0 Å². The smallest absolute Gasteiger partial charge is 0.307 e. The number of rotatable bonds is 8. The molecule has 0 aliphatic rings. The first-order valence-electron chi connectivity index (χ1n) is 6.27. The number of carbonyl (C=O) groups is 2. The van der Waals surface area contributed by atoms with Gasteiger partial charge in [-0.2, -0.15) is 0 Å². The summed E-state index contributed by atoms with van der Waals surface area (Å²) in [6.45, 7) is 4.02. The number of benzene rings is 1. The van der Waals surface area contributed by atoms with Gasteiger partial charge in [0.25, 0.3) is 0 Å². The molecule has 1 aromatic rings. The zero-order valence-electron chi connectivity index (χ0n) is 11.5. The topological polar surface area (TPSA) is 64.6 Å². The Labute approximate surface area is 118 Å². The minimum atomic E-state index is -0.434. The molecule has 0 saturated carbocycles. The lowest BCUT2D eigenvalue weighted by atomic mass is 10.2. The van der Waals surface area contributed by atoms with Crippen LogP contribution in [0.1, 0.15) is 12.0 Å². The molecule has 0 saturated heterocycles. The van der Waals surface area contributed by atoms with Crippen molar-refractivity contribution in [3.63, 3.8) is 0 Å². The number of methoxy groups -OCH3 is 1. The van der Waals surface area contributed by atoms with Crippen LogP contribution in [0.15, 0.2) is 43.0 Å². The Kier molecular flexibility index (Phi) is 7.06. The first-order valence-corrected chi connectivity index (χ1v) is 6.27. The maximum absolute atomic E-state index is 11.3. The van der Waals surface area contributed by atoms with E-state index in [2.05, 4.69) is 16.6 Å². The molecule has 5 nitrogen and oxygen atoms in total. The molecule has 0 radical (unpaired) electrons. The molecule has 1 aromatic carbocycles. The van der Waals surface area contributed by atoms with Gasteiger partial charge in [-0.05, 0) is 11.6 Å². The predicted molar refractivity (Wildman–Crippen MR) is 74.9 cm³/mol. The third-order valence-corrected chi connectivity index (χ3v) is 2.60. The molecule has 1 atom stereocenters. The van der Waals surface area contributed by atoms with Crippen molar-refractivity contribution >= 4 is 11.9 Å². The highest BCUT2D eigenvalue weighted by Crippen LogP contribution is 2.03. The molecule has 1 amide bonds. The standard InChI is InChI=1S/C15H19NO4/c1-3-14(17)16-13(9-15(18)19-2)11-20-10-12-7-5-4-6-8-12/h3-8,13H,1,9-11H2,2H3,(H,16,17)/t13-/m0/s1. The average molecular weight is 277 g/mol. The molecule has 0 aliphatic heterocycles. The van der Waals surface area contributed by atoms with Gasteiger partial charge in [-0.15, -0.1) is 0 Å². The van der Waals surface area contributed by atoms with Gasteiger partial charge >= 0.3 is 5.97 Å². The van der Waals surface area contributed by atoms with E-state index in [1.54, 1.807) is 0 Å². The lowest BCUT2D eigenvalue weighted by Gasteiger charge is -2.17. The Morgan fingerprint density at radius 2 is 2.05 bits per heavy atom. The van der Waals surface area contributed by atoms with Crippen LogP contribution in [-0.4, -0.2) is 31.6 Å². The van der Waals surface area contributed by atoms with Gasteiger partial charge in [0.2, 0.25) is 5.91 Å². The molecule has 108 valence electrons. The first kappa shape index (κ1) is 15.9. The van der Waals surface area contributed by atoms with Crippen LogP contribution >= 0.6 is 0 Å². The molecular formula is C15H19NO4. The molecule has 20 heavy (non-hydrogen) atoms. The zero-order valence-corrected chi connectivity index (χ0v) is 11.5. The summed E-state index contributed by atoms with van der Waals surface area (Å²) in [5, 5.41) is 2.64. The van der Waals surface area contributed by atoms with Gasteiger partial charge in [-0.1, -0.05) is 36.9 Å². The second-order valence-corrected chi connectivity index (χ2v) is 4.19. The minimum absolute atomic E-state index is 0.0604. The Balaban J connectivity index is 2.44. The van der Waals surface area contributed by atoms with Crippen LogP contribution in [0, 0.1) is 0 Å². The van der Waals surface area contributed by atoms with E-state index in [-0.39, 0.29) is 18.9 Å². The predicted octanol–water partition coefficient (Wildman–Crippen LogP) is 1.44. The summed E-state index contributed by atoms with van der Waals surface area (Å²) in [7, 11) is 1.31. The van der Waals surface area contributed by atoms with E-state index in [9.17, 15) is 9.59 Å². The molecular weight excluding hydrogens is 258 g/mol. The number of ether oxygens (including phenoxy) is 2. The normalized spacial score (nSPS) is 11.4. The molecule has 0 heterocycles. The van der Waals surface area contributed by atoms with E-state index >= 15 is 0 Å². The van der Waals surface area contributed by atoms with E-state index in [0.29, 0.717) is 6.61 Å². The van der Waals surface area contributed by atoms with Crippen molar-refractivity contribution in [1.82, 2.24) is 5.32 Å². The fraction of sp³-hybridized carbons (Fsp3) is 0.333. The number of nitrogens with one attached hydrogen (secondary N) is 1. The fourth-order valence-electron chi connectivity index (χ4n) is 1.59. The molecule has 0 bridgehead atoms. The van der Waals surface area contributed by atoms with Crippen LogP contribution in [0.3, 0.4) is 0 Å². The lowest BCUT2D eigenvalue weighted by Crippen LogP contribution is -2.39. The van der Waals surface area contributed by atoms with Crippen LogP contribution in [0.5, 0.6) is 0 Å². The van der Waals surface area contributed by atoms with Crippen molar-refractivity contribution in [3.05, 3.63) is 48.6 Å². The molecule has 0 spiro atoms.